The highest BCUT2D eigenvalue weighted by Gasteiger charge is 2.21. The summed E-state index contributed by atoms with van der Waals surface area (Å²) in [7, 11) is 0. The van der Waals surface area contributed by atoms with Gasteiger partial charge in [0.25, 0.3) is 0 Å². The topological polar surface area (TPSA) is 84.1 Å². The van der Waals surface area contributed by atoms with Crippen LogP contribution in [0.2, 0.25) is 0 Å². The van der Waals surface area contributed by atoms with Crippen molar-refractivity contribution in [1.82, 2.24) is 14.5 Å². The van der Waals surface area contributed by atoms with E-state index in [2.05, 4.69) is 14.9 Å². The standard InChI is InChI=1S/C8H13N5OS/c9-8(14)13-3-1-6(2-4-13)11-7-5-10-12-15-7/h5-6,11H,1-4H2,(H2,9,14). The van der Waals surface area contributed by atoms with Gasteiger partial charge in [-0.05, 0) is 12.8 Å². The van der Waals surface area contributed by atoms with Crippen molar-refractivity contribution in [2.45, 2.75) is 18.9 Å². The van der Waals surface area contributed by atoms with Crippen LogP contribution >= 0.6 is 11.5 Å². The van der Waals surface area contributed by atoms with Crippen molar-refractivity contribution in [3.05, 3.63) is 6.20 Å². The first-order valence-electron chi connectivity index (χ1n) is 4.84. The number of anilines is 1. The number of aromatic nitrogens is 2. The van der Waals surface area contributed by atoms with E-state index in [0.717, 1.165) is 30.9 Å². The van der Waals surface area contributed by atoms with E-state index in [0.29, 0.717) is 6.04 Å². The van der Waals surface area contributed by atoms with E-state index in [9.17, 15) is 4.79 Å². The van der Waals surface area contributed by atoms with Crippen LogP contribution < -0.4 is 11.1 Å². The normalized spacial score (nSPS) is 17.7. The van der Waals surface area contributed by atoms with Crippen LogP contribution in [-0.2, 0) is 0 Å². The summed E-state index contributed by atoms with van der Waals surface area (Å²) in [5, 5.41) is 8.07. The molecule has 2 heterocycles. The minimum absolute atomic E-state index is 0.326. The predicted molar refractivity (Wildman–Crippen MR) is 57.7 cm³/mol. The first kappa shape index (κ1) is 10.2. The Labute approximate surface area is 91.6 Å². The lowest BCUT2D eigenvalue weighted by atomic mass is 10.1. The molecule has 1 aliphatic heterocycles. The Morgan fingerprint density at radius 3 is 2.87 bits per heavy atom. The molecule has 0 spiro atoms. The third-order valence-electron chi connectivity index (χ3n) is 2.51. The van der Waals surface area contributed by atoms with Crippen LogP contribution in [0.4, 0.5) is 9.80 Å². The average Bonchev–Trinajstić information content (AvgIpc) is 2.71. The minimum atomic E-state index is -0.326. The van der Waals surface area contributed by atoms with Crippen molar-refractivity contribution in [2.75, 3.05) is 18.4 Å². The maximum Gasteiger partial charge on any atom is 0.314 e. The lowest BCUT2D eigenvalue weighted by Gasteiger charge is -2.31. The van der Waals surface area contributed by atoms with Gasteiger partial charge in [0.2, 0.25) is 0 Å². The summed E-state index contributed by atoms with van der Waals surface area (Å²) in [6.07, 6.45) is 3.55. The number of piperidine rings is 1. The molecule has 7 heteroatoms. The SMILES string of the molecule is NC(=O)N1CCC(Nc2cnns2)CC1. The number of nitrogens with two attached hydrogens (primary N) is 1. The fourth-order valence-corrected chi connectivity index (χ4v) is 2.17. The zero-order chi connectivity index (χ0) is 10.7. The molecule has 82 valence electrons. The molecule has 1 aliphatic rings. The van der Waals surface area contributed by atoms with Crippen molar-refractivity contribution >= 4 is 22.6 Å². The average molecular weight is 227 g/mol. The fraction of sp³-hybridized carbons (Fsp3) is 0.625. The second-order valence-corrected chi connectivity index (χ2v) is 4.31. The Morgan fingerprint density at radius 2 is 2.33 bits per heavy atom. The molecule has 15 heavy (non-hydrogen) atoms. The van der Waals surface area contributed by atoms with Gasteiger partial charge in [-0.15, -0.1) is 5.10 Å². The van der Waals surface area contributed by atoms with Crippen LogP contribution in [0.15, 0.2) is 6.20 Å². The van der Waals surface area contributed by atoms with Crippen LogP contribution in [0.5, 0.6) is 0 Å². The molecule has 1 aromatic heterocycles. The molecule has 0 unspecified atom stereocenters. The highest BCUT2D eigenvalue weighted by molar-refractivity contribution is 7.09. The molecule has 3 N–H and O–H groups in total. The Bertz CT molecular complexity index is 320. The van der Waals surface area contributed by atoms with E-state index >= 15 is 0 Å². The number of nitrogens with one attached hydrogen (secondary N) is 1. The number of carbonyl (C=O) groups excluding carboxylic acids is 1. The molecule has 0 atom stereocenters. The molecule has 0 aromatic carbocycles. The van der Waals surface area contributed by atoms with E-state index < -0.39 is 0 Å². The predicted octanol–water partition coefficient (Wildman–Crippen LogP) is 0.493. The summed E-state index contributed by atoms with van der Waals surface area (Å²) < 4.78 is 3.78. The fourth-order valence-electron chi connectivity index (χ4n) is 1.68. The summed E-state index contributed by atoms with van der Waals surface area (Å²) in [5.41, 5.74) is 5.20. The molecular weight excluding hydrogens is 214 g/mol. The molecule has 0 bridgehead atoms. The molecule has 1 fully saturated rings. The molecule has 6 nitrogen and oxygen atoms in total. The third-order valence-corrected chi connectivity index (χ3v) is 3.11. The second kappa shape index (κ2) is 4.43. The van der Waals surface area contributed by atoms with Gasteiger partial charge in [-0.2, -0.15) is 0 Å². The highest BCUT2D eigenvalue weighted by atomic mass is 32.1. The van der Waals surface area contributed by atoms with Crippen molar-refractivity contribution in [3.63, 3.8) is 0 Å². The van der Waals surface area contributed by atoms with E-state index in [4.69, 9.17) is 5.73 Å². The number of hydrogen-bond acceptors (Lipinski definition) is 5. The summed E-state index contributed by atoms with van der Waals surface area (Å²) in [6, 6.07) is 0.0655. The van der Waals surface area contributed by atoms with Gasteiger partial charge in [0.15, 0.2) is 0 Å². The monoisotopic (exact) mass is 227 g/mol. The summed E-state index contributed by atoms with van der Waals surface area (Å²) in [6.45, 7) is 1.44. The Hall–Kier alpha value is -1.37. The molecule has 1 saturated heterocycles. The summed E-state index contributed by atoms with van der Waals surface area (Å²) >= 11 is 1.35. The Morgan fingerprint density at radius 1 is 1.60 bits per heavy atom. The molecule has 2 rings (SSSR count). The quantitative estimate of drug-likeness (QED) is 0.770. The van der Waals surface area contributed by atoms with E-state index in [-0.39, 0.29) is 6.03 Å². The second-order valence-electron chi connectivity index (χ2n) is 3.53. The molecule has 0 saturated carbocycles. The molecular formula is C8H13N5OS. The number of rotatable bonds is 2. The Balaban J connectivity index is 1.81. The van der Waals surface area contributed by atoms with Crippen molar-refractivity contribution < 1.29 is 4.79 Å². The van der Waals surface area contributed by atoms with Crippen LogP contribution in [0, 0.1) is 0 Å². The number of carbonyl (C=O) groups is 1. The zero-order valence-electron chi connectivity index (χ0n) is 8.22. The van der Waals surface area contributed by atoms with Crippen molar-refractivity contribution in [2.24, 2.45) is 5.73 Å². The molecule has 2 amide bonds. The largest absolute Gasteiger partial charge is 0.371 e. The van der Waals surface area contributed by atoms with Gasteiger partial charge in [-0.1, -0.05) is 4.49 Å². The van der Waals surface area contributed by atoms with Crippen LogP contribution in [-0.4, -0.2) is 39.6 Å². The zero-order valence-corrected chi connectivity index (χ0v) is 9.04. The highest BCUT2D eigenvalue weighted by Crippen LogP contribution is 2.17. The van der Waals surface area contributed by atoms with Gasteiger partial charge in [0.1, 0.15) is 5.00 Å². The van der Waals surface area contributed by atoms with Gasteiger partial charge in [-0.3, -0.25) is 0 Å². The summed E-state index contributed by atoms with van der Waals surface area (Å²) in [4.78, 5) is 12.6. The third kappa shape index (κ3) is 2.56. The van der Waals surface area contributed by atoms with Gasteiger partial charge >= 0.3 is 6.03 Å². The lowest BCUT2D eigenvalue weighted by molar-refractivity contribution is 0.193. The van der Waals surface area contributed by atoms with Gasteiger partial charge < -0.3 is 16.0 Å². The number of urea groups is 1. The first-order chi connectivity index (χ1) is 7.25. The van der Waals surface area contributed by atoms with Crippen molar-refractivity contribution in [1.29, 1.82) is 0 Å². The first-order valence-corrected chi connectivity index (χ1v) is 5.61. The Kier molecular flexibility index (Phi) is 3.00. The number of likely N-dealkylation sites (tertiary alicyclic amines) is 1. The maximum atomic E-state index is 10.9. The summed E-state index contributed by atoms with van der Waals surface area (Å²) in [5.74, 6) is 0. The van der Waals surface area contributed by atoms with Crippen LogP contribution in [0.25, 0.3) is 0 Å². The van der Waals surface area contributed by atoms with Gasteiger partial charge in [0, 0.05) is 30.7 Å². The number of primary amides is 1. The molecule has 0 aliphatic carbocycles. The van der Waals surface area contributed by atoms with E-state index in [1.165, 1.54) is 11.5 Å². The van der Waals surface area contributed by atoms with E-state index in [1.807, 2.05) is 0 Å². The van der Waals surface area contributed by atoms with Crippen LogP contribution in [0.3, 0.4) is 0 Å². The number of nitrogens with zero attached hydrogens (tertiary/aromatic N) is 3. The number of amides is 2. The van der Waals surface area contributed by atoms with E-state index in [1.54, 1.807) is 11.1 Å². The molecule has 1 aromatic rings. The minimum Gasteiger partial charge on any atom is -0.371 e. The van der Waals surface area contributed by atoms with Gasteiger partial charge in [0.05, 0.1) is 6.20 Å². The van der Waals surface area contributed by atoms with Gasteiger partial charge in [-0.25, -0.2) is 4.79 Å². The molecule has 0 radical (unpaired) electrons. The van der Waals surface area contributed by atoms with Crippen molar-refractivity contribution in [3.8, 4) is 0 Å². The number of hydrogen-bond donors (Lipinski definition) is 2. The maximum absolute atomic E-state index is 10.9. The van der Waals surface area contributed by atoms with Crippen LogP contribution in [0.1, 0.15) is 12.8 Å². The lowest BCUT2D eigenvalue weighted by Crippen LogP contribution is -2.44. The smallest absolute Gasteiger partial charge is 0.314 e.